The van der Waals surface area contributed by atoms with E-state index < -0.39 is 0 Å². The maximum Gasteiger partial charge on any atom is 0.108 e. The Hall–Kier alpha value is -0.870. The lowest BCUT2D eigenvalue weighted by molar-refractivity contribution is 0.190. The van der Waals surface area contributed by atoms with Crippen molar-refractivity contribution < 1.29 is 5.11 Å². The minimum absolute atomic E-state index is 0.306. The van der Waals surface area contributed by atoms with Gasteiger partial charge in [0, 0.05) is 38.2 Å². The molecule has 0 radical (unpaired) electrons. The van der Waals surface area contributed by atoms with Gasteiger partial charge in [0.1, 0.15) is 5.82 Å². The first-order chi connectivity index (χ1) is 9.24. The minimum atomic E-state index is 0.306. The normalized spacial score (nSPS) is 28.3. The summed E-state index contributed by atoms with van der Waals surface area (Å²) in [4.78, 5) is 7.24. The van der Waals surface area contributed by atoms with E-state index in [1.807, 2.05) is 0 Å². The van der Waals surface area contributed by atoms with Gasteiger partial charge in [-0.25, -0.2) is 4.98 Å². The third-order valence-corrected chi connectivity index (χ3v) is 4.62. The van der Waals surface area contributed by atoms with Crippen LogP contribution in [-0.4, -0.2) is 46.3 Å². The van der Waals surface area contributed by atoms with Crippen molar-refractivity contribution in [2.24, 2.45) is 11.8 Å². The number of aliphatic hydroxyl groups excluding tert-OH is 1. The Kier molecular flexibility index (Phi) is 3.89. The van der Waals surface area contributed by atoms with Crippen molar-refractivity contribution in [1.29, 1.82) is 0 Å². The van der Waals surface area contributed by atoms with E-state index in [0.717, 1.165) is 31.7 Å². The zero-order valence-corrected chi connectivity index (χ0v) is 11.9. The lowest BCUT2D eigenvalue weighted by Gasteiger charge is -2.29. The fourth-order valence-corrected chi connectivity index (χ4v) is 3.56. The first-order valence-corrected chi connectivity index (χ1v) is 7.59. The Balaban J connectivity index is 1.64. The van der Waals surface area contributed by atoms with Gasteiger partial charge in [-0.05, 0) is 45.2 Å². The Morgan fingerprint density at radius 2 is 2.21 bits per heavy atom. The first kappa shape index (κ1) is 13.1. The highest BCUT2D eigenvalue weighted by molar-refractivity contribution is 5.08. The molecule has 3 heterocycles. The molecule has 0 amide bonds. The van der Waals surface area contributed by atoms with Gasteiger partial charge in [0.25, 0.3) is 0 Å². The van der Waals surface area contributed by atoms with Crippen LogP contribution in [-0.2, 0) is 19.4 Å². The van der Waals surface area contributed by atoms with E-state index in [1.165, 1.54) is 37.4 Å². The molecular formula is C15H25N3O. The van der Waals surface area contributed by atoms with Gasteiger partial charge in [-0.15, -0.1) is 0 Å². The summed E-state index contributed by atoms with van der Waals surface area (Å²) < 4.78 is 2.27. The Labute approximate surface area is 115 Å². The van der Waals surface area contributed by atoms with Crippen molar-refractivity contribution in [2.75, 3.05) is 26.7 Å². The number of imidazole rings is 1. The standard InChI is InChI=1S/C15H25N3O/c1-17-6-2-3-12(8-17)7-14-10-18-9-13(11-19)4-5-15(18)16-14/h10,12-13,19H,2-9,11H2,1H3. The first-order valence-electron chi connectivity index (χ1n) is 7.59. The predicted octanol–water partition coefficient (Wildman–Crippen LogP) is 1.32. The topological polar surface area (TPSA) is 41.3 Å². The van der Waals surface area contributed by atoms with Gasteiger partial charge in [-0.3, -0.25) is 0 Å². The maximum atomic E-state index is 9.27. The summed E-state index contributed by atoms with van der Waals surface area (Å²) in [5, 5.41) is 9.27. The number of hydrogen-bond acceptors (Lipinski definition) is 3. The number of fused-ring (bicyclic) bond motifs is 1. The van der Waals surface area contributed by atoms with Crippen LogP contribution in [0.4, 0.5) is 0 Å². The highest BCUT2D eigenvalue weighted by atomic mass is 16.3. The summed E-state index contributed by atoms with van der Waals surface area (Å²) >= 11 is 0. The highest BCUT2D eigenvalue weighted by Crippen LogP contribution is 2.23. The number of hydrogen-bond donors (Lipinski definition) is 1. The predicted molar refractivity (Wildman–Crippen MR) is 75.0 cm³/mol. The highest BCUT2D eigenvalue weighted by Gasteiger charge is 2.22. The number of aliphatic hydroxyl groups is 1. The molecule has 2 unspecified atom stereocenters. The molecule has 0 aromatic carbocycles. The quantitative estimate of drug-likeness (QED) is 0.894. The van der Waals surface area contributed by atoms with Crippen molar-refractivity contribution in [1.82, 2.24) is 14.5 Å². The van der Waals surface area contributed by atoms with Crippen LogP contribution < -0.4 is 0 Å². The molecule has 2 atom stereocenters. The largest absolute Gasteiger partial charge is 0.396 e. The van der Waals surface area contributed by atoms with Gasteiger partial charge in [-0.2, -0.15) is 0 Å². The third-order valence-electron chi connectivity index (χ3n) is 4.62. The maximum absolute atomic E-state index is 9.27. The van der Waals surface area contributed by atoms with Crippen LogP contribution in [0.15, 0.2) is 6.20 Å². The number of piperidine rings is 1. The minimum Gasteiger partial charge on any atom is -0.396 e. The summed E-state index contributed by atoms with van der Waals surface area (Å²) in [6.07, 6.45) is 8.11. The second kappa shape index (κ2) is 5.63. The molecule has 4 nitrogen and oxygen atoms in total. The van der Waals surface area contributed by atoms with Crippen LogP contribution in [0.1, 0.15) is 30.8 Å². The average molecular weight is 263 g/mol. The van der Waals surface area contributed by atoms with Crippen LogP contribution >= 0.6 is 0 Å². The third kappa shape index (κ3) is 3.00. The molecule has 106 valence electrons. The molecular weight excluding hydrogens is 238 g/mol. The van der Waals surface area contributed by atoms with Crippen molar-refractivity contribution in [3.8, 4) is 0 Å². The van der Waals surface area contributed by atoms with E-state index in [9.17, 15) is 5.11 Å². The second-order valence-electron chi connectivity index (χ2n) is 6.36. The summed E-state index contributed by atoms with van der Waals surface area (Å²) in [7, 11) is 2.22. The van der Waals surface area contributed by atoms with Gasteiger partial charge in [0.2, 0.25) is 0 Å². The number of aryl methyl sites for hydroxylation is 1. The molecule has 3 rings (SSSR count). The van der Waals surface area contributed by atoms with Crippen LogP contribution in [0.25, 0.3) is 0 Å². The van der Waals surface area contributed by atoms with Crippen molar-refractivity contribution >= 4 is 0 Å². The lowest BCUT2D eigenvalue weighted by atomic mass is 9.94. The number of nitrogens with zero attached hydrogens (tertiary/aromatic N) is 3. The van der Waals surface area contributed by atoms with Crippen LogP contribution in [0.3, 0.4) is 0 Å². The van der Waals surface area contributed by atoms with Gasteiger partial charge < -0.3 is 14.6 Å². The molecule has 0 saturated carbocycles. The molecule has 0 spiro atoms. The van der Waals surface area contributed by atoms with Gasteiger partial charge in [0.05, 0.1) is 5.69 Å². The van der Waals surface area contributed by atoms with E-state index in [1.54, 1.807) is 0 Å². The Bertz CT molecular complexity index is 429. The summed E-state index contributed by atoms with van der Waals surface area (Å²) in [6, 6.07) is 0. The number of aromatic nitrogens is 2. The molecule has 1 aromatic heterocycles. The number of rotatable bonds is 3. The SMILES string of the molecule is CN1CCCC(Cc2cn3c(n2)CCC(CO)C3)C1. The van der Waals surface area contributed by atoms with Crippen molar-refractivity contribution in [2.45, 2.75) is 38.6 Å². The molecule has 19 heavy (non-hydrogen) atoms. The van der Waals surface area contributed by atoms with E-state index in [-0.39, 0.29) is 0 Å². The molecule has 4 heteroatoms. The smallest absolute Gasteiger partial charge is 0.108 e. The van der Waals surface area contributed by atoms with Gasteiger partial charge >= 0.3 is 0 Å². The Morgan fingerprint density at radius 1 is 1.32 bits per heavy atom. The molecule has 2 aliphatic rings. The monoisotopic (exact) mass is 263 g/mol. The Morgan fingerprint density at radius 3 is 3.00 bits per heavy atom. The van der Waals surface area contributed by atoms with Crippen LogP contribution in [0.5, 0.6) is 0 Å². The molecule has 0 bridgehead atoms. The second-order valence-corrected chi connectivity index (χ2v) is 6.36. The van der Waals surface area contributed by atoms with Crippen LogP contribution in [0.2, 0.25) is 0 Å². The van der Waals surface area contributed by atoms with E-state index in [2.05, 4.69) is 22.7 Å². The molecule has 2 aliphatic heterocycles. The zero-order valence-electron chi connectivity index (χ0n) is 11.9. The molecule has 1 N–H and O–H groups in total. The zero-order chi connectivity index (χ0) is 13.2. The lowest BCUT2D eigenvalue weighted by Crippen LogP contribution is -2.33. The van der Waals surface area contributed by atoms with Crippen LogP contribution in [0, 0.1) is 11.8 Å². The van der Waals surface area contributed by atoms with Crippen molar-refractivity contribution in [3.63, 3.8) is 0 Å². The summed E-state index contributed by atoms with van der Waals surface area (Å²) in [5.74, 6) is 2.42. The fourth-order valence-electron chi connectivity index (χ4n) is 3.56. The van der Waals surface area contributed by atoms with Crippen molar-refractivity contribution in [3.05, 3.63) is 17.7 Å². The molecule has 1 saturated heterocycles. The van der Waals surface area contributed by atoms with E-state index in [0.29, 0.717) is 12.5 Å². The summed E-state index contributed by atoms with van der Waals surface area (Å²) in [6.45, 7) is 3.71. The van der Waals surface area contributed by atoms with Gasteiger partial charge in [-0.1, -0.05) is 0 Å². The molecule has 1 aromatic rings. The van der Waals surface area contributed by atoms with Gasteiger partial charge in [0.15, 0.2) is 0 Å². The molecule has 0 aliphatic carbocycles. The number of likely N-dealkylation sites (tertiary alicyclic amines) is 1. The van der Waals surface area contributed by atoms with E-state index in [4.69, 9.17) is 4.98 Å². The summed E-state index contributed by atoms with van der Waals surface area (Å²) in [5.41, 5.74) is 1.26. The molecule has 1 fully saturated rings. The van der Waals surface area contributed by atoms with E-state index >= 15 is 0 Å². The average Bonchev–Trinajstić information content (AvgIpc) is 2.79. The fraction of sp³-hybridized carbons (Fsp3) is 0.800.